The number of rotatable bonds is 9. The van der Waals surface area contributed by atoms with Gasteiger partial charge in [0.1, 0.15) is 0 Å². The highest BCUT2D eigenvalue weighted by Crippen LogP contribution is 2.25. The zero-order valence-electron chi connectivity index (χ0n) is 11.2. The summed E-state index contributed by atoms with van der Waals surface area (Å²) in [7, 11) is 2.07. The van der Waals surface area contributed by atoms with E-state index in [0.29, 0.717) is 13.2 Å². The Labute approximate surface area is 113 Å². The van der Waals surface area contributed by atoms with Gasteiger partial charge in [-0.2, -0.15) is 11.3 Å². The number of thiophene rings is 1. The van der Waals surface area contributed by atoms with Crippen molar-refractivity contribution in [1.29, 1.82) is 0 Å². The SMILES string of the molecule is CCC(N)C(c1ccsc1)N(C)CCOCCO. The van der Waals surface area contributed by atoms with Crippen LogP contribution in [0.4, 0.5) is 0 Å². The molecule has 3 N–H and O–H groups in total. The van der Waals surface area contributed by atoms with Gasteiger partial charge in [-0.15, -0.1) is 0 Å². The molecule has 0 aromatic carbocycles. The van der Waals surface area contributed by atoms with Crippen molar-refractivity contribution in [2.45, 2.75) is 25.4 Å². The number of ether oxygens (including phenoxy) is 1. The van der Waals surface area contributed by atoms with E-state index >= 15 is 0 Å². The summed E-state index contributed by atoms with van der Waals surface area (Å²) in [6.45, 7) is 4.02. The Kier molecular flexibility index (Phi) is 7.46. The number of hydrogen-bond donors (Lipinski definition) is 2. The highest BCUT2D eigenvalue weighted by atomic mass is 32.1. The number of nitrogens with zero attached hydrogens (tertiary/aromatic N) is 1. The van der Waals surface area contributed by atoms with Crippen LogP contribution in [0.1, 0.15) is 24.9 Å². The molecule has 0 aliphatic heterocycles. The molecule has 0 bridgehead atoms. The number of nitrogens with two attached hydrogens (primary N) is 1. The third-order valence-electron chi connectivity index (χ3n) is 3.06. The van der Waals surface area contributed by atoms with Crippen LogP contribution in [0.5, 0.6) is 0 Å². The van der Waals surface area contributed by atoms with Crippen molar-refractivity contribution in [3.63, 3.8) is 0 Å². The minimum absolute atomic E-state index is 0.0755. The van der Waals surface area contributed by atoms with Gasteiger partial charge in [-0.25, -0.2) is 0 Å². The minimum Gasteiger partial charge on any atom is -0.394 e. The lowest BCUT2D eigenvalue weighted by Gasteiger charge is -2.32. The lowest BCUT2D eigenvalue weighted by atomic mass is 9.99. The molecule has 18 heavy (non-hydrogen) atoms. The van der Waals surface area contributed by atoms with Crippen molar-refractivity contribution < 1.29 is 9.84 Å². The Morgan fingerprint density at radius 3 is 2.83 bits per heavy atom. The number of hydrogen-bond acceptors (Lipinski definition) is 5. The normalized spacial score (nSPS) is 14.9. The molecule has 0 spiro atoms. The Morgan fingerprint density at radius 1 is 1.50 bits per heavy atom. The maximum atomic E-state index is 8.66. The molecule has 0 radical (unpaired) electrons. The van der Waals surface area contributed by atoms with Gasteiger partial charge < -0.3 is 15.6 Å². The summed E-state index contributed by atoms with van der Waals surface area (Å²) < 4.78 is 5.30. The molecule has 0 saturated heterocycles. The Bertz CT molecular complexity index is 306. The lowest BCUT2D eigenvalue weighted by Crippen LogP contribution is -2.40. The first kappa shape index (κ1) is 15.6. The van der Waals surface area contributed by atoms with Gasteiger partial charge in [0, 0.05) is 12.6 Å². The first-order valence-electron chi connectivity index (χ1n) is 6.37. The van der Waals surface area contributed by atoms with Crippen molar-refractivity contribution in [1.82, 2.24) is 4.90 Å². The van der Waals surface area contributed by atoms with E-state index in [0.717, 1.165) is 13.0 Å². The summed E-state index contributed by atoms with van der Waals surface area (Å²) in [5, 5.41) is 12.9. The summed E-state index contributed by atoms with van der Waals surface area (Å²) in [6, 6.07) is 2.50. The lowest BCUT2D eigenvalue weighted by molar-refractivity contribution is 0.0670. The van der Waals surface area contributed by atoms with Gasteiger partial charge in [0.2, 0.25) is 0 Å². The standard InChI is InChI=1S/C13H24N2O2S/c1-3-12(14)13(11-4-9-18-10-11)15(2)5-7-17-8-6-16/h4,9-10,12-13,16H,3,5-8,14H2,1-2H3. The van der Waals surface area contributed by atoms with Crippen LogP contribution in [-0.4, -0.2) is 49.5 Å². The highest BCUT2D eigenvalue weighted by Gasteiger charge is 2.23. The predicted molar refractivity (Wildman–Crippen MR) is 75.9 cm³/mol. The molecule has 5 heteroatoms. The quantitative estimate of drug-likeness (QED) is 0.668. The maximum Gasteiger partial charge on any atom is 0.0698 e. The highest BCUT2D eigenvalue weighted by molar-refractivity contribution is 7.07. The van der Waals surface area contributed by atoms with Crippen LogP contribution in [0.3, 0.4) is 0 Å². The summed E-state index contributed by atoms with van der Waals surface area (Å²) in [5.74, 6) is 0. The third-order valence-corrected chi connectivity index (χ3v) is 3.76. The molecule has 104 valence electrons. The smallest absolute Gasteiger partial charge is 0.0698 e. The van der Waals surface area contributed by atoms with Crippen molar-refractivity contribution in [3.05, 3.63) is 22.4 Å². The number of likely N-dealkylation sites (N-methyl/N-ethyl adjacent to an activating group) is 1. The topological polar surface area (TPSA) is 58.7 Å². The van der Waals surface area contributed by atoms with Gasteiger partial charge >= 0.3 is 0 Å². The fourth-order valence-electron chi connectivity index (χ4n) is 2.01. The van der Waals surface area contributed by atoms with Crippen LogP contribution in [0.15, 0.2) is 16.8 Å². The molecular formula is C13H24N2O2S. The Morgan fingerprint density at radius 2 is 2.28 bits per heavy atom. The van der Waals surface area contributed by atoms with Gasteiger partial charge in [-0.1, -0.05) is 6.92 Å². The maximum absolute atomic E-state index is 8.66. The van der Waals surface area contributed by atoms with E-state index in [2.05, 4.69) is 35.7 Å². The van der Waals surface area contributed by atoms with E-state index < -0.39 is 0 Å². The molecule has 0 saturated carbocycles. The molecule has 1 aromatic heterocycles. The van der Waals surface area contributed by atoms with Gasteiger partial charge in [-0.05, 0) is 35.9 Å². The van der Waals surface area contributed by atoms with Crippen molar-refractivity contribution >= 4 is 11.3 Å². The zero-order valence-corrected chi connectivity index (χ0v) is 12.0. The van der Waals surface area contributed by atoms with E-state index in [-0.39, 0.29) is 18.7 Å². The second-order valence-corrected chi connectivity index (χ2v) is 5.17. The minimum atomic E-state index is 0.0755. The van der Waals surface area contributed by atoms with Crippen LogP contribution in [0.2, 0.25) is 0 Å². The average molecular weight is 272 g/mol. The molecule has 0 aliphatic carbocycles. The molecule has 0 fully saturated rings. The zero-order chi connectivity index (χ0) is 13.4. The van der Waals surface area contributed by atoms with Crippen molar-refractivity contribution in [3.8, 4) is 0 Å². The van der Waals surface area contributed by atoms with E-state index in [1.807, 2.05) is 0 Å². The van der Waals surface area contributed by atoms with Crippen LogP contribution in [0.25, 0.3) is 0 Å². The number of aliphatic hydroxyl groups excluding tert-OH is 1. The van der Waals surface area contributed by atoms with Crippen LogP contribution in [-0.2, 0) is 4.74 Å². The third kappa shape index (κ3) is 4.66. The molecule has 1 rings (SSSR count). The van der Waals surface area contributed by atoms with Crippen molar-refractivity contribution in [2.24, 2.45) is 5.73 Å². The van der Waals surface area contributed by atoms with Gasteiger partial charge in [0.05, 0.1) is 25.9 Å². The molecule has 1 heterocycles. The summed E-state index contributed by atoms with van der Waals surface area (Å²) >= 11 is 1.70. The fraction of sp³-hybridized carbons (Fsp3) is 0.692. The van der Waals surface area contributed by atoms with Crippen LogP contribution >= 0.6 is 11.3 Å². The average Bonchev–Trinajstić information content (AvgIpc) is 2.88. The Hall–Kier alpha value is -0.460. The number of aliphatic hydroxyl groups is 1. The monoisotopic (exact) mass is 272 g/mol. The molecule has 4 nitrogen and oxygen atoms in total. The first-order valence-corrected chi connectivity index (χ1v) is 7.31. The molecule has 1 aromatic rings. The largest absolute Gasteiger partial charge is 0.394 e. The first-order chi connectivity index (χ1) is 8.70. The molecule has 2 unspecified atom stereocenters. The van der Waals surface area contributed by atoms with Gasteiger partial charge in [0.25, 0.3) is 0 Å². The second kappa shape index (κ2) is 8.61. The van der Waals surface area contributed by atoms with E-state index in [1.165, 1.54) is 5.56 Å². The van der Waals surface area contributed by atoms with E-state index in [4.69, 9.17) is 15.6 Å². The summed E-state index contributed by atoms with van der Waals surface area (Å²) in [6.07, 6.45) is 0.947. The second-order valence-electron chi connectivity index (χ2n) is 4.39. The summed E-state index contributed by atoms with van der Waals surface area (Å²) in [4.78, 5) is 2.23. The Balaban J connectivity index is 2.54. The van der Waals surface area contributed by atoms with Crippen LogP contribution in [0, 0.1) is 0 Å². The predicted octanol–water partition coefficient (Wildman–Crippen LogP) is 1.47. The van der Waals surface area contributed by atoms with Crippen molar-refractivity contribution in [2.75, 3.05) is 33.4 Å². The molecular weight excluding hydrogens is 248 g/mol. The van der Waals surface area contributed by atoms with Gasteiger partial charge in [0.15, 0.2) is 0 Å². The van der Waals surface area contributed by atoms with E-state index in [1.54, 1.807) is 11.3 Å². The molecule has 2 atom stereocenters. The fourth-order valence-corrected chi connectivity index (χ4v) is 2.70. The van der Waals surface area contributed by atoms with E-state index in [9.17, 15) is 0 Å². The van der Waals surface area contributed by atoms with Gasteiger partial charge in [-0.3, -0.25) is 4.90 Å². The van der Waals surface area contributed by atoms with Crippen LogP contribution < -0.4 is 5.73 Å². The molecule has 0 aliphatic rings. The molecule has 0 amide bonds. The summed E-state index contributed by atoms with van der Waals surface area (Å²) in [5.41, 5.74) is 7.50.